The highest BCUT2D eigenvalue weighted by Gasteiger charge is 2.11. The summed E-state index contributed by atoms with van der Waals surface area (Å²) in [7, 11) is 0. The summed E-state index contributed by atoms with van der Waals surface area (Å²) in [6, 6.07) is 4.70. The number of carbonyl (C=O) groups excluding carboxylic acids is 2. The minimum absolute atomic E-state index is 0.0241. The first kappa shape index (κ1) is 12.0. The molecule has 0 bridgehead atoms. The molecule has 0 aromatic heterocycles. The van der Waals surface area contributed by atoms with Crippen LogP contribution in [0.3, 0.4) is 0 Å². The molecular formula is C10H10INO3. The smallest absolute Gasteiger partial charge is 0.255 e. The highest BCUT2D eigenvalue weighted by molar-refractivity contribution is 14.1. The molecule has 2 N–H and O–H groups in total. The third kappa shape index (κ3) is 3.50. The molecule has 5 heteroatoms. The van der Waals surface area contributed by atoms with E-state index >= 15 is 0 Å². The first-order valence-electron chi connectivity index (χ1n) is 4.27. The fourth-order valence-corrected chi connectivity index (χ4v) is 1.48. The number of ketones is 1. The van der Waals surface area contributed by atoms with Gasteiger partial charge in [-0.05, 0) is 47.7 Å². The molecule has 0 atom stereocenters. The monoisotopic (exact) mass is 319 g/mol. The molecule has 0 fully saturated rings. The van der Waals surface area contributed by atoms with Crippen LogP contribution in [0, 0.1) is 3.57 Å². The molecule has 0 heterocycles. The van der Waals surface area contributed by atoms with Crippen LogP contribution in [0.5, 0.6) is 5.75 Å². The predicted octanol–water partition coefficient (Wildman–Crippen LogP) is 1.32. The molecule has 80 valence electrons. The number of aromatic hydroxyl groups is 1. The highest BCUT2D eigenvalue weighted by Crippen LogP contribution is 2.19. The van der Waals surface area contributed by atoms with Crippen LogP contribution in [0.4, 0.5) is 0 Å². The van der Waals surface area contributed by atoms with Crippen LogP contribution >= 0.6 is 22.6 Å². The van der Waals surface area contributed by atoms with E-state index < -0.39 is 5.91 Å². The van der Waals surface area contributed by atoms with Gasteiger partial charge in [0.1, 0.15) is 11.5 Å². The Morgan fingerprint density at radius 1 is 1.47 bits per heavy atom. The van der Waals surface area contributed by atoms with Gasteiger partial charge in [0.2, 0.25) is 0 Å². The number of halogens is 1. The number of hydrogen-bond acceptors (Lipinski definition) is 3. The third-order valence-electron chi connectivity index (χ3n) is 1.70. The van der Waals surface area contributed by atoms with Gasteiger partial charge in [-0.25, -0.2) is 0 Å². The molecule has 0 aliphatic heterocycles. The minimum atomic E-state index is -0.443. The molecule has 15 heavy (non-hydrogen) atoms. The maximum Gasteiger partial charge on any atom is 0.255 e. The number of hydrogen-bond donors (Lipinski definition) is 2. The number of nitrogens with one attached hydrogen (secondary N) is 1. The molecule has 0 unspecified atom stereocenters. The molecule has 4 nitrogen and oxygen atoms in total. The number of Topliss-reactive ketones (excluding diaryl/α,β-unsaturated/α-hetero) is 1. The van der Waals surface area contributed by atoms with E-state index in [1.54, 1.807) is 12.1 Å². The fraction of sp³-hybridized carbons (Fsp3) is 0.200. The zero-order valence-electron chi connectivity index (χ0n) is 8.08. The van der Waals surface area contributed by atoms with E-state index in [0.717, 1.165) is 3.57 Å². The first-order chi connectivity index (χ1) is 7.00. The largest absolute Gasteiger partial charge is 0.507 e. The van der Waals surface area contributed by atoms with Crippen LogP contribution in [-0.4, -0.2) is 23.3 Å². The second-order valence-electron chi connectivity index (χ2n) is 3.05. The van der Waals surface area contributed by atoms with Crippen molar-refractivity contribution in [1.82, 2.24) is 5.32 Å². The first-order valence-corrected chi connectivity index (χ1v) is 5.34. The lowest BCUT2D eigenvalue weighted by Gasteiger charge is -2.05. The highest BCUT2D eigenvalue weighted by atomic mass is 127. The molecule has 0 radical (unpaired) electrons. The van der Waals surface area contributed by atoms with Gasteiger partial charge >= 0.3 is 0 Å². The van der Waals surface area contributed by atoms with Crippen molar-refractivity contribution in [3.8, 4) is 5.75 Å². The van der Waals surface area contributed by atoms with Gasteiger partial charge in [-0.1, -0.05) is 0 Å². The average molecular weight is 319 g/mol. The van der Waals surface area contributed by atoms with E-state index in [1.807, 2.05) is 22.6 Å². The molecule has 0 aliphatic rings. The quantitative estimate of drug-likeness (QED) is 0.826. The lowest BCUT2D eigenvalue weighted by Crippen LogP contribution is -2.28. The van der Waals surface area contributed by atoms with E-state index in [1.165, 1.54) is 13.0 Å². The second kappa shape index (κ2) is 5.11. The molecule has 1 aromatic rings. The topological polar surface area (TPSA) is 66.4 Å². The molecular weight excluding hydrogens is 309 g/mol. The van der Waals surface area contributed by atoms with Crippen LogP contribution < -0.4 is 5.32 Å². The Kier molecular flexibility index (Phi) is 4.07. The summed E-state index contributed by atoms with van der Waals surface area (Å²) in [5.74, 6) is -0.661. The van der Waals surface area contributed by atoms with Crippen molar-refractivity contribution in [2.75, 3.05) is 6.54 Å². The van der Waals surface area contributed by atoms with Crippen LogP contribution in [0.15, 0.2) is 18.2 Å². The van der Waals surface area contributed by atoms with Crippen molar-refractivity contribution < 1.29 is 14.7 Å². The Hall–Kier alpha value is -1.11. The van der Waals surface area contributed by atoms with Gasteiger partial charge in [0.05, 0.1) is 12.1 Å². The molecule has 0 spiro atoms. The van der Waals surface area contributed by atoms with Gasteiger partial charge in [-0.3, -0.25) is 9.59 Å². The summed E-state index contributed by atoms with van der Waals surface area (Å²) in [4.78, 5) is 22.1. The summed E-state index contributed by atoms with van der Waals surface area (Å²) < 4.78 is 0.846. The third-order valence-corrected chi connectivity index (χ3v) is 2.37. The van der Waals surface area contributed by atoms with Gasteiger partial charge in [-0.2, -0.15) is 0 Å². The molecule has 0 aliphatic carbocycles. The lowest BCUT2D eigenvalue weighted by atomic mass is 10.2. The Bertz CT molecular complexity index is 404. The second-order valence-corrected chi connectivity index (χ2v) is 4.29. The maximum atomic E-state index is 11.5. The van der Waals surface area contributed by atoms with E-state index in [-0.39, 0.29) is 23.6 Å². The molecule has 0 saturated carbocycles. The Morgan fingerprint density at radius 2 is 2.13 bits per heavy atom. The zero-order chi connectivity index (χ0) is 11.4. The molecule has 1 rings (SSSR count). The van der Waals surface area contributed by atoms with Gasteiger partial charge in [0.25, 0.3) is 5.91 Å². The van der Waals surface area contributed by atoms with Gasteiger partial charge in [0.15, 0.2) is 0 Å². The summed E-state index contributed by atoms with van der Waals surface area (Å²) in [5, 5.41) is 11.8. The lowest BCUT2D eigenvalue weighted by molar-refractivity contribution is -0.116. The zero-order valence-corrected chi connectivity index (χ0v) is 10.2. The number of carbonyl (C=O) groups is 2. The van der Waals surface area contributed by atoms with E-state index in [9.17, 15) is 14.7 Å². The maximum absolute atomic E-state index is 11.5. The predicted molar refractivity (Wildman–Crippen MR) is 63.8 cm³/mol. The number of amides is 1. The molecule has 1 aromatic carbocycles. The summed E-state index contributed by atoms with van der Waals surface area (Å²) in [5.41, 5.74) is 0.183. The summed E-state index contributed by atoms with van der Waals surface area (Å²) in [6.07, 6.45) is 0. The number of rotatable bonds is 3. The normalized spacial score (nSPS) is 9.73. The minimum Gasteiger partial charge on any atom is -0.507 e. The van der Waals surface area contributed by atoms with Crippen LogP contribution in [-0.2, 0) is 4.79 Å². The summed E-state index contributed by atoms with van der Waals surface area (Å²) >= 11 is 2.04. The van der Waals surface area contributed by atoms with Crippen molar-refractivity contribution in [3.05, 3.63) is 27.3 Å². The van der Waals surface area contributed by atoms with E-state index in [0.29, 0.717) is 0 Å². The SMILES string of the molecule is CC(=O)CNC(=O)c1cc(I)ccc1O. The number of benzene rings is 1. The molecule has 1 amide bonds. The average Bonchev–Trinajstić information content (AvgIpc) is 2.18. The number of phenolic OH excluding ortho intramolecular Hbond substituents is 1. The van der Waals surface area contributed by atoms with Crippen molar-refractivity contribution in [1.29, 1.82) is 0 Å². The Morgan fingerprint density at radius 3 is 2.73 bits per heavy atom. The standard InChI is InChI=1S/C10H10INO3/c1-6(13)5-12-10(15)8-4-7(11)2-3-9(8)14/h2-4,14H,5H2,1H3,(H,12,15). The van der Waals surface area contributed by atoms with Crippen molar-refractivity contribution in [3.63, 3.8) is 0 Å². The van der Waals surface area contributed by atoms with E-state index in [4.69, 9.17) is 0 Å². The van der Waals surface area contributed by atoms with Crippen molar-refractivity contribution in [2.24, 2.45) is 0 Å². The van der Waals surface area contributed by atoms with Crippen molar-refractivity contribution in [2.45, 2.75) is 6.92 Å². The van der Waals surface area contributed by atoms with Gasteiger partial charge in [0, 0.05) is 3.57 Å². The molecule has 0 saturated heterocycles. The van der Waals surface area contributed by atoms with Crippen LogP contribution in [0.25, 0.3) is 0 Å². The van der Waals surface area contributed by atoms with Gasteiger partial charge < -0.3 is 10.4 Å². The fourth-order valence-electron chi connectivity index (χ4n) is 0.990. The Balaban J connectivity index is 2.81. The van der Waals surface area contributed by atoms with Gasteiger partial charge in [-0.15, -0.1) is 0 Å². The Labute approximate surface area is 101 Å². The van der Waals surface area contributed by atoms with E-state index in [2.05, 4.69) is 5.32 Å². The van der Waals surface area contributed by atoms with Crippen molar-refractivity contribution >= 4 is 34.3 Å². The van der Waals surface area contributed by atoms with Crippen LogP contribution in [0.2, 0.25) is 0 Å². The van der Waals surface area contributed by atoms with Crippen LogP contribution in [0.1, 0.15) is 17.3 Å². The summed E-state index contributed by atoms with van der Waals surface area (Å²) in [6.45, 7) is 1.36. The number of phenols is 1.